The third-order valence-corrected chi connectivity index (χ3v) is 7.75. The highest BCUT2D eigenvalue weighted by molar-refractivity contribution is 6.42. The molecule has 0 aromatic heterocycles. The number of aliphatic hydroxyl groups is 1. The smallest absolute Gasteiger partial charge is 0.246 e. The number of nitrogens with zero attached hydrogens (tertiary/aromatic N) is 3. The van der Waals surface area contributed by atoms with Crippen molar-refractivity contribution in [3.05, 3.63) is 39.9 Å². The van der Waals surface area contributed by atoms with Gasteiger partial charge in [0, 0.05) is 51.8 Å². The van der Waals surface area contributed by atoms with Gasteiger partial charge in [0.1, 0.15) is 0 Å². The molecule has 2 amide bonds. The fourth-order valence-electron chi connectivity index (χ4n) is 4.89. The number of aliphatic hydroxyl groups excluding tert-OH is 1. The molecule has 7 nitrogen and oxygen atoms in total. The minimum atomic E-state index is -0.354. The predicted octanol–water partition coefficient (Wildman–Crippen LogP) is 3.71. The monoisotopic (exact) mass is 525 g/mol. The first-order valence-electron chi connectivity index (χ1n) is 12.4. The second kappa shape index (κ2) is 13.6. The van der Waals surface area contributed by atoms with Crippen molar-refractivity contribution < 1.29 is 19.4 Å². The first kappa shape index (κ1) is 27.9. The number of methoxy groups -OCH3 is 1. The zero-order valence-electron chi connectivity index (χ0n) is 20.7. The fourth-order valence-corrected chi connectivity index (χ4v) is 5.20. The molecule has 1 N–H and O–H groups in total. The average molecular weight is 527 g/mol. The molecule has 1 unspecified atom stereocenters. The van der Waals surface area contributed by atoms with E-state index in [4.69, 9.17) is 27.9 Å². The van der Waals surface area contributed by atoms with Gasteiger partial charge in [-0.05, 0) is 62.9 Å². The number of carbonyl (C=O) groups excluding carboxylic acids is 2. The van der Waals surface area contributed by atoms with Gasteiger partial charge in [-0.15, -0.1) is 0 Å². The Morgan fingerprint density at radius 2 is 1.91 bits per heavy atom. The molecule has 194 valence electrons. The molecule has 35 heavy (non-hydrogen) atoms. The van der Waals surface area contributed by atoms with Crippen LogP contribution in [0.2, 0.25) is 10.0 Å². The summed E-state index contributed by atoms with van der Waals surface area (Å²) in [5.41, 5.74) is 0.795. The Kier molecular flexibility index (Phi) is 10.9. The molecule has 3 rings (SSSR count). The minimum Gasteiger partial charge on any atom is -0.391 e. The summed E-state index contributed by atoms with van der Waals surface area (Å²) in [6.07, 6.45) is 6.83. The Hall–Kier alpha value is -1.64. The summed E-state index contributed by atoms with van der Waals surface area (Å²) in [6.45, 7) is 5.76. The topological polar surface area (TPSA) is 73.3 Å². The maximum absolute atomic E-state index is 12.7. The van der Waals surface area contributed by atoms with Crippen LogP contribution in [0.4, 0.5) is 0 Å². The van der Waals surface area contributed by atoms with E-state index in [-0.39, 0.29) is 24.0 Å². The van der Waals surface area contributed by atoms with Crippen LogP contribution in [-0.4, -0.2) is 96.2 Å². The minimum absolute atomic E-state index is 0.0279. The van der Waals surface area contributed by atoms with Crippen LogP contribution in [0.3, 0.4) is 0 Å². The number of halogens is 2. The predicted molar refractivity (Wildman–Crippen MR) is 140 cm³/mol. The van der Waals surface area contributed by atoms with Crippen molar-refractivity contribution in [2.75, 3.05) is 46.4 Å². The van der Waals surface area contributed by atoms with Gasteiger partial charge < -0.3 is 19.6 Å². The zero-order valence-corrected chi connectivity index (χ0v) is 22.2. The van der Waals surface area contributed by atoms with Gasteiger partial charge in [0.25, 0.3) is 0 Å². The fraction of sp³-hybridized carbons (Fsp3) is 0.615. The molecule has 2 saturated heterocycles. The number of benzene rings is 1. The summed E-state index contributed by atoms with van der Waals surface area (Å²) < 4.78 is 5.34. The van der Waals surface area contributed by atoms with Gasteiger partial charge in [-0.2, -0.15) is 0 Å². The van der Waals surface area contributed by atoms with Crippen molar-refractivity contribution in [1.29, 1.82) is 0 Å². The number of ether oxygens (including phenoxy) is 1. The molecular formula is C26H37Cl2N3O4. The second-order valence-electron chi connectivity index (χ2n) is 9.42. The van der Waals surface area contributed by atoms with Gasteiger partial charge >= 0.3 is 0 Å². The third-order valence-electron chi connectivity index (χ3n) is 7.01. The van der Waals surface area contributed by atoms with Crippen molar-refractivity contribution >= 4 is 41.1 Å². The number of rotatable bonds is 9. The molecule has 2 aliphatic heterocycles. The summed E-state index contributed by atoms with van der Waals surface area (Å²) >= 11 is 12.0. The van der Waals surface area contributed by atoms with Crippen LogP contribution in [0.1, 0.15) is 44.6 Å². The molecule has 0 aliphatic carbocycles. The van der Waals surface area contributed by atoms with E-state index in [1.807, 2.05) is 4.90 Å². The van der Waals surface area contributed by atoms with E-state index in [0.717, 1.165) is 37.8 Å². The quantitative estimate of drug-likeness (QED) is 0.393. The number of unbranched alkanes of at least 4 members (excludes halogenated alkanes) is 1. The van der Waals surface area contributed by atoms with Crippen LogP contribution in [0, 0.1) is 0 Å². The van der Waals surface area contributed by atoms with Gasteiger partial charge in [-0.3, -0.25) is 14.5 Å². The van der Waals surface area contributed by atoms with Crippen LogP contribution < -0.4 is 0 Å². The van der Waals surface area contributed by atoms with Gasteiger partial charge in [0.05, 0.1) is 28.8 Å². The average Bonchev–Trinajstić information content (AvgIpc) is 3.02. The van der Waals surface area contributed by atoms with Gasteiger partial charge in [-0.25, -0.2) is 0 Å². The van der Waals surface area contributed by atoms with E-state index in [0.29, 0.717) is 55.3 Å². The van der Waals surface area contributed by atoms with E-state index in [2.05, 4.69) is 11.8 Å². The molecule has 0 radical (unpaired) electrons. The molecule has 2 heterocycles. The highest BCUT2D eigenvalue weighted by Crippen LogP contribution is 2.25. The van der Waals surface area contributed by atoms with Crippen molar-refractivity contribution in [2.45, 2.75) is 57.2 Å². The zero-order chi connectivity index (χ0) is 25.4. The molecule has 0 spiro atoms. The Balaban J connectivity index is 1.45. The summed E-state index contributed by atoms with van der Waals surface area (Å²) in [6, 6.07) is 5.65. The van der Waals surface area contributed by atoms with E-state index in [9.17, 15) is 14.7 Å². The van der Waals surface area contributed by atoms with E-state index < -0.39 is 0 Å². The Morgan fingerprint density at radius 3 is 2.66 bits per heavy atom. The van der Waals surface area contributed by atoms with Crippen LogP contribution >= 0.6 is 23.2 Å². The highest BCUT2D eigenvalue weighted by atomic mass is 35.5. The van der Waals surface area contributed by atoms with Crippen molar-refractivity contribution in [2.24, 2.45) is 0 Å². The lowest BCUT2D eigenvalue weighted by atomic mass is 9.93. The largest absolute Gasteiger partial charge is 0.391 e. The second-order valence-corrected chi connectivity index (χ2v) is 10.2. The van der Waals surface area contributed by atoms with Crippen LogP contribution in [0.15, 0.2) is 24.3 Å². The molecule has 1 aromatic rings. The Morgan fingerprint density at radius 1 is 1.14 bits per heavy atom. The SMILES string of the molecule is COC[C@@H]1[C@H](O)CCC(C)N1CCCCN1CCN(C(=O)/C=C/c2ccc(Cl)c(Cl)c2)CCC1=O. The number of piperidine rings is 1. The summed E-state index contributed by atoms with van der Waals surface area (Å²) in [4.78, 5) is 31.3. The van der Waals surface area contributed by atoms with E-state index in [1.54, 1.807) is 36.3 Å². The number of amides is 2. The van der Waals surface area contributed by atoms with Gasteiger partial charge in [-0.1, -0.05) is 29.3 Å². The molecule has 1 aromatic carbocycles. The molecule has 2 aliphatic rings. The maximum atomic E-state index is 12.7. The van der Waals surface area contributed by atoms with E-state index >= 15 is 0 Å². The number of hydrogen-bond donors (Lipinski definition) is 1. The molecule has 9 heteroatoms. The first-order valence-corrected chi connectivity index (χ1v) is 13.2. The third kappa shape index (κ3) is 7.92. The number of carbonyl (C=O) groups is 2. The summed E-state index contributed by atoms with van der Waals surface area (Å²) in [5.74, 6) is -0.0275. The van der Waals surface area contributed by atoms with Gasteiger partial charge in [0.15, 0.2) is 0 Å². The van der Waals surface area contributed by atoms with Gasteiger partial charge in [0.2, 0.25) is 11.8 Å². The lowest BCUT2D eigenvalue weighted by Crippen LogP contribution is -2.54. The van der Waals surface area contributed by atoms with Crippen LogP contribution in [0.5, 0.6) is 0 Å². The molecule has 2 fully saturated rings. The van der Waals surface area contributed by atoms with Crippen molar-refractivity contribution in [3.63, 3.8) is 0 Å². The number of likely N-dealkylation sites (tertiary alicyclic amines) is 1. The molecule has 0 bridgehead atoms. The lowest BCUT2D eigenvalue weighted by Gasteiger charge is -2.43. The summed E-state index contributed by atoms with van der Waals surface area (Å²) in [5, 5.41) is 11.3. The van der Waals surface area contributed by atoms with E-state index in [1.165, 1.54) is 6.08 Å². The first-order chi connectivity index (χ1) is 16.8. The molecule has 0 saturated carbocycles. The molecular weight excluding hydrogens is 489 g/mol. The normalized spacial score (nSPS) is 24.3. The Bertz CT molecular complexity index is 897. The van der Waals surface area contributed by atoms with Crippen LogP contribution in [-0.2, 0) is 14.3 Å². The maximum Gasteiger partial charge on any atom is 0.246 e. The van der Waals surface area contributed by atoms with Crippen molar-refractivity contribution in [3.8, 4) is 0 Å². The Labute approximate surface area is 218 Å². The lowest BCUT2D eigenvalue weighted by molar-refractivity contribution is -0.130. The summed E-state index contributed by atoms with van der Waals surface area (Å²) in [7, 11) is 1.67. The van der Waals surface area contributed by atoms with Crippen molar-refractivity contribution in [1.82, 2.24) is 14.7 Å². The highest BCUT2D eigenvalue weighted by Gasteiger charge is 2.33. The standard InChI is InChI=1S/C26H37Cl2N3O4/c1-19-5-9-24(32)23(18-35-2)31(19)13-4-3-12-29-15-16-30(14-11-26(29)34)25(33)10-7-20-6-8-21(27)22(28)17-20/h6-8,10,17,19,23-24,32H,3-5,9,11-16,18H2,1-2H3/b10-7+/t19?,23-,24-/m1/s1. The number of hydrogen-bond acceptors (Lipinski definition) is 5. The van der Waals surface area contributed by atoms with Crippen LogP contribution in [0.25, 0.3) is 6.08 Å². The molecule has 3 atom stereocenters.